The minimum atomic E-state index is 0.0217. The average molecular weight is 898 g/mol. The van der Waals surface area contributed by atoms with E-state index in [0.29, 0.717) is 0 Å². The largest absolute Gasteiger partial charge is 0.469 e. The van der Waals surface area contributed by atoms with Gasteiger partial charge >= 0.3 is 0 Å². The standard InChI is InChI=1S/C65H62BN2O/c1-40-34-50-52(64(6,7)32-30-62(50,2)3)38-55(40)68-56-36-45(42-20-14-11-15-21-42)35-49(59(56)66-61-60(68)48-37-51-53(39-57(48)69-61)65(8,9)33-31-63(51,4)5)58-47-23-17-16-22-44(47)26-29-54(58)67-46-27-24-43(25-28-46)41-18-12-10-13-19-41/h10-29,34-39,67H,30-33H2,1-9H3. The lowest BCUT2D eigenvalue weighted by atomic mass is 9.60. The van der Waals surface area contributed by atoms with E-state index in [1.54, 1.807) is 0 Å². The summed E-state index contributed by atoms with van der Waals surface area (Å²) in [7, 11) is 2.36. The minimum Gasteiger partial charge on any atom is -0.469 e. The smallest absolute Gasteiger partial charge is 0.247 e. The first kappa shape index (κ1) is 43.5. The van der Waals surface area contributed by atoms with E-state index in [1.807, 2.05) is 0 Å². The zero-order valence-corrected chi connectivity index (χ0v) is 41.8. The maximum Gasteiger partial charge on any atom is 0.247 e. The van der Waals surface area contributed by atoms with Crippen molar-refractivity contribution in [1.82, 2.24) is 0 Å². The Morgan fingerprint density at radius 3 is 1.70 bits per heavy atom. The molecule has 0 atom stereocenters. The summed E-state index contributed by atoms with van der Waals surface area (Å²) in [6.45, 7) is 21.8. The zero-order chi connectivity index (χ0) is 47.6. The molecule has 2 aliphatic carbocycles. The highest BCUT2D eigenvalue weighted by Gasteiger charge is 2.42. The Labute approximate surface area is 409 Å². The highest BCUT2D eigenvalue weighted by molar-refractivity contribution is 6.73. The molecular weight excluding hydrogens is 836 g/mol. The van der Waals surface area contributed by atoms with Crippen molar-refractivity contribution in [1.29, 1.82) is 0 Å². The minimum absolute atomic E-state index is 0.0217. The van der Waals surface area contributed by atoms with E-state index in [1.165, 1.54) is 78.3 Å². The summed E-state index contributed by atoms with van der Waals surface area (Å²) in [5.74, 6) is 0. The Balaban J connectivity index is 1.15. The molecule has 8 aromatic carbocycles. The third-order valence-corrected chi connectivity index (χ3v) is 16.5. The van der Waals surface area contributed by atoms with E-state index < -0.39 is 0 Å². The summed E-state index contributed by atoms with van der Waals surface area (Å²) in [6.07, 6.45) is 4.61. The molecule has 0 amide bonds. The summed E-state index contributed by atoms with van der Waals surface area (Å²) in [6, 6.07) is 58.6. The molecule has 69 heavy (non-hydrogen) atoms. The van der Waals surface area contributed by atoms with Gasteiger partial charge in [-0.15, -0.1) is 0 Å². The molecule has 3 aliphatic rings. The van der Waals surface area contributed by atoms with Crippen molar-refractivity contribution in [2.75, 3.05) is 10.2 Å². The van der Waals surface area contributed by atoms with Gasteiger partial charge < -0.3 is 14.6 Å². The van der Waals surface area contributed by atoms with E-state index >= 15 is 0 Å². The van der Waals surface area contributed by atoms with Gasteiger partial charge in [-0.1, -0.05) is 165 Å². The Bertz CT molecular complexity index is 3500. The number of rotatable bonds is 6. The number of anilines is 5. The molecule has 0 unspecified atom stereocenters. The van der Waals surface area contributed by atoms with Crippen molar-refractivity contribution >= 4 is 68.6 Å². The van der Waals surface area contributed by atoms with E-state index in [4.69, 9.17) is 4.42 Å². The second kappa shape index (κ2) is 15.6. The fraction of sp³-hybridized carbons (Fsp3) is 0.262. The van der Waals surface area contributed by atoms with Gasteiger partial charge in [0.05, 0.1) is 11.3 Å². The maximum absolute atomic E-state index is 7.31. The van der Waals surface area contributed by atoms with Crippen LogP contribution in [0.4, 0.5) is 28.4 Å². The first-order valence-electron chi connectivity index (χ1n) is 25.2. The normalized spacial score (nSPS) is 17.1. The number of nitrogens with zero attached hydrogens (tertiary/aromatic N) is 1. The SMILES string of the molecule is Cc1cc2c(cc1N1c3cc(-c4ccccc4)cc(-c4c(Nc5ccc(-c6ccccc6)cc5)ccc5ccccc45)c3[B]c3oc4cc5c(cc4c31)C(C)(C)CCC5(C)C)C(C)(C)CCC2(C)C. The molecule has 0 saturated carbocycles. The fourth-order valence-corrected chi connectivity index (χ4v) is 12.1. The molecule has 4 heteroatoms. The van der Waals surface area contributed by atoms with Crippen molar-refractivity contribution in [2.24, 2.45) is 0 Å². The summed E-state index contributed by atoms with van der Waals surface area (Å²) in [5, 5.41) is 7.51. The first-order valence-corrected chi connectivity index (χ1v) is 25.2. The van der Waals surface area contributed by atoms with Crippen molar-refractivity contribution in [2.45, 2.75) is 110 Å². The van der Waals surface area contributed by atoms with Crippen LogP contribution in [-0.4, -0.2) is 7.28 Å². The number of hydrogen-bond donors (Lipinski definition) is 1. The Hall–Kier alpha value is -6.78. The molecule has 1 N–H and O–H groups in total. The van der Waals surface area contributed by atoms with Gasteiger partial charge in [-0.25, -0.2) is 0 Å². The fourth-order valence-electron chi connectivity index (χ4n) is 12.1. The van der Waals surface area contributed by atoms with E-state index in [-0.39, 0.29) is 21.7 Å². The molecule has 1 radical (unpaired) electrons. The molecule has 1 aliphatic heterocycles. The van der Waals surface area contributed by atoms with Crippen LogP contribution in [0.1, 0.15) is 109 Å². The quantitative estimate of drug-likeness (QED) is 0.169. The molecule has 1 aromatic heterocycles. The highest BCUT2D eigenvalue weighted by atomic mass is 16.3. The van der Waals surface area contributed by atoms with E-state index in [9.17, 15) is 0 Å². The molecule has 0 fully saturated rings. The molecule has 341 valence electrons. The Kier molecular flexibility index (Phi) is 9.85. The topological polar surface area (TPSA) is 28.4 Å². The van der Waals surface area contributed by atoms with Gasteiger partial charge in [-0.2, -0.15) is 0 Å². The predicted molar refractivity (Wildman–Crippen MR) is 295 cm³/mol. The summed E-state index contributed by atoms with van der Waals surface area (Å²) >= 11 is 0. The molecule has 0 saturated heterocycles. The number of benzene rings is 8. The van der Waals surface area contributed by atoms with Crippen LogP contribution < -0.4 is 21.3 Å². The Morgan fingerprint density at radius 1 is 0.493 bits per heavy atom. The van der Waals surface area contributed by atoms with Crippen LogP contribution in [-0.2, 0) is 21.7 Å². The lowest BCUT2D eigenvalue weighted by Crippen LogP contribution is -2.40. The number of nitrogens with one attached hydrogen (secondary N) is 1. The van der Waals surface area contributed by atoms with Gasteiger partial charge in [0.15, 0.2) is 0 Å². The van der Waals surface area contributed by atoms with Crippen molar-refractivity contribution < 1.29 is 4.42 Å². The number of aryl methyl sites for hydroxylation is 1. The van der Waals surface area contributed by atoms with Crippen LogP contribution in [0.5, 0.6) is 0 Å². The third-order valence-electron chi connectivity index (χ3n) is 16.5. The van der Waals surface area contributed by atoms with E-state index in [2.05, 4.69) is 238 Å². The molecule has 0 spiro atoms. The van der Waals surface area contributed by atoms with Gasteiger partial charge in [-0.05, 0) is 175 Å². The molecular formula is C65H62BN2O. The van der Waals surface area contributed by atoms with Crippen LogP contribution >= 0.6 is 0 Å². The number of furan rings is 1. The lowest BCUT2D eigenvalue weighted by molar-refractivity contribution is 0.332. The van der Waals surface area contributed by atoms with Crippen molar-refractivity contribution in [3.63, 3.8) is 0 Å². The van der Waals surface area contributed by atoms with Crippen LogP contribution in [0, 0.1) is 6.92 Å². The average Bonchev–Trinajstić information content (AvgIpc) is 3.71. The Morgan fingerprint density at radius 2 is 1.04 bits per heavy atom. The monoisotopic (exact) mass is 897 g/mol. The zero-order valence-electron chi connectivity index (χ0n) is 41.8. The van der Waals surface area contributed by atoms with Crippen LogP contribution in [0.25, 0.3) is 55.1 Å². The van der Waals surface area contributed by atoms with Gasteiger partial charge in [0.2, 0.25) is 7.28 Å². The summed E-state index contributed by atoms with van der Waals surface area (Å²) < 4.78 is 7.31. The molecule has 3 nitrogen and oxygen atoms in total. The maximum atomic E-state index is 7.31. The second-order valence-electron chi connectivity index (χ2n) is 23.0. The predicted octanol–water partition coefficient (Wildman–Crippen LogP) is 16.8. The third kappa shape index (κ3) is 7.16. The summed E-state index contributed by atoms with van der Waals surface area (Å²) in [4.78, 5) is 2.60. The van der Waals surface area contributed by atoms with Gasteiger partial charge in [0, 0.05) is 33.7 Å². The number of fused-ring (bicyclic) bond motifs is 7. The molecule has 9 aromatic rings. The first-order chi connectivity index (χ1) is 33.1. The molecule has 0 bridgehead atoms. The van der Waals surface area contributed by atoms with Crippen LogP contribution in [0.15, 0.2) is 162 Å². The lowest BCUT2D eigenvalue weighted by Gasteiger charge is -2.43. The van der Waals surface area contributed by atoms with Gasteiger partial charge in [0.1, 0.15) is 5.58 Å². The van der Waals surface area contributed by atoms with Gasteiger partial charge in [0.25, 0.3) is 0 Å². The highest BCUT2D eigenvalue weighted by Crippen LogP contribution is 2.53. The van der Waals surface area contributed by atoms with Crippen molar-refractivity contribution in [3.05, 3.63) is 186 Å². The van der Waals surface area contributed by atoms with Crippen LogP contribution in [0.3, 0.4) is 0 Å². The second-order valence-corrected chi connectivity index (χ2v) is 23.0. The summed E-state index contributed by atoms with van der Waals surface area (Å²) in [5.41, 5.74) is 22.8. The van der Waals surface area contributed by atoms with Gasteiger partial charge in [-0.3, -0.25) is 0 Å². The molecule has 2 heterocycles. The van der Waals surface area contributed by atoms with Crippen LogP contribution in [0.2, 0.25) is 0 Å². The van der Waals surface area contributed by atoms with E-state index in [0.717, 1.165) is 69.8 Å². The van der Waals surface area contributed by atoms with Crippen molar-refractivity contribution in [3.8, 4) is 33.4 Å². The number of hydrogen-bond acceptors (Lipinski definition) is 3. The molecule has 12 rings (SSSR count).